The lowest BCUT2D eigenvalue weighted by atomic mass is 10.2. The summed E-state index contributed by atoms with van der Waals surface area (Å²) < 4.78 is 11.9. The van der Waals surface area contributed by atoms with Crippen molar-refractivity contribution in [1.29, 1.82) is 0 Å². The Bertz CT molecular complexity index is 808. The minimum atomic E-state index is -0.397. The first-order chi connectivity index (χ1) is 12.9. The number of aromatic nitrogens is 1. The molecule has 1 aromatic heterocycles. The molecule has 9 heteroatoms. The zero-order valence-corrected chi connectivity index (χ0v) is 17.2. The summed E-state index contributed by atoms with van der Waals surface area (Å²) in [4.78, 5) is 27.8. The number of methoxy groups -OCH3 is 1. The van der Waals surface area contributed by atoms with Gasteiger partial charge in [-0.3, -0.25) is 14.9 Å². The molecule has 1 heterocycles. The molecule has 0 bridgehead atoms. The van der Waals surface area contributed by atoms with Gasteiger partial charge in [0, 0.05) is 5.56 Å². The van der Waals surface area contributed by atoms with Gasteiger partial charge in [0.2, 0.25) is 5.91 Å². The minimum Gasteiger partial charge on any atom is -0.493 e. The molecule has 1 aromatic carbocycles. The molecule has 7 nitrogen and oxygen atoms in total. The molecule has 0 saturated heterocycles. The summed E-state index contributed by atoms with van der Waals surface area (Å²) in [7, 11) is 1.54. The second kappa shape index (κ2) is 10.2. The molecule has 3 N–H and O–H groups in total. The largest absolute Gasteiger partial charge is 0.493 e. The van der Waals surface area contributed by atoms with E-state index in [-0.39, 0.29) is 11.7 Å². The number of ether oxygens (including phenoxy) is 2. The molecule has 0 aliphatic carbocycles. The third-order valence-corrected chi connectivity index (χ3v) is 5.96. The zero-order valence-electron chi connectivity index (χ0n) is 15.5. The fourth-order valence-electron chi connectivity index (χ4n) is 2.13. The van der Waals surface area contributed by atoms with E-state index in [0.717, 1.165) is 22.7 Å². The van der Waals surface area contributed by atoms with Crippen LogP contribution in [0.15, 0.2) is 22.4 Å². The van der Waals surface area contributed by atoms with Gasteiger partial charge < -0.3 is 15.2 Å². The van der Waals surface area contributed by atoms with Crippen molar-refractivity contribution in [2.75, 3.05) is 24.8 Å². The molecule has 0 aliphatic rings. The van der Waals surface area contributed by atoms with Crippen molar-refractivity contribution in [3.05, 3.63) is 29.5 Å². The molecule has 0 atom stereocenters. The SMILES string of the molecule is CCCCOc1ccc(C(=O)Nc2nc(C)c(SCC(N)=O)s2)cc1OC. The Morgan fingerprint density at radius 3 is 2.78 bits per heavy atom. The van der Waals surface area contributed by atoms with Crippen LogP contribution in [0, 0.1) is 6.92 Å². The number of carbonyl (C=O) groups excluding carboxylic acids is 2. The van der Waals surface area contributed by atoms with Gasteiger partial charge in [-0.2, -0.15) is 0 Å². The van der Waals surface area contributed by atoms with Crippen LogP contribution in [0.1, 0.15) is 35.8 Å². The van der Waals surface area contributed by atoms with Crippen LogP contribution in [-0.4, -0.2) is 36.3 Å². The van der Waals surface area contributed by atoms with E-state index in [4.69, 9.17) is 15.2 Å². The number of carbonyl (C=O) groups is 2. The smallest absolute Gasteiger partial charge is 0.257 e. The van der Waals surface area contributed by atoms with Gasteiger partial charge in [0.25, 0.3) is 5.91 Å². The fourth-order valence-corrected chi connectivity index (χ4v) is 4.00. The first-order valence-electron chi connectivity index (χ1n) is 8.45. The number of nitrogens with two attached hydrogens (primary N) is 1. The number of hydrogen-bond acceptors (Lipinski definition) is 7. The van der Waals surface area contributed by atoms with Crippen molar-refractivity contribution in [1.82, 2.24) is 4.98 Å². The summed E-state index contributed by atoms with van der Waals surface area (Å²) in [6.45, 7) is 4.51. The van der Waals surface area contributed by atoms with Gasteiger partial charge in [-0.25, -0.2) is 4.98 Å². The molecule has 0 saturated carbocycles. The predicted octanol–water partition coefficient (Wildman–Crippen LogP) is 3.47. The van der Waals surface area contributed by atoms with Gasteiger partial charge in [0.05, 0.1) is 29.4 Å². The highest BCUT2D eigenvalue weighted by atomic mass is 32.2. The number of amides is 2. The lowest BCUT2D eigenvalue weighted by molar-refractivity contribution is -0.115. The molecule has 0 spiro atoms. The van der Waals surface area contributed by atoms with Gasteiger partial charge in [0.15, 0.2) is 16.6 Å². The van der Waals surface area contributed by atoms with Gasteiger partial charge in [-0.15, -0.1) is 11.8 Å². The number of thioether (sulfide) groups is 1. The van der Waals surface area contributed by atoms with Crippen molar-refractivity contribution in [3.63, 3.8) is 0 Å². The highest BCUT2D eigenvalue weighted by Crippen LogP contribution is 2.33. The van der Waals surface area contributed by atoms with E-state index in [9.17, 15) is 9.59 Å². The maximum atomic E-state index is 12.5. The maximum absolute atomic E-state index is 12.5. The van der Waals surface area contributed by atoms with Crippen LogP contribution in [0.25, 0.3) is 0 Å². The van der Waals surface area contributed by atoms with Crippen molar-refractivity contribution in [2.24, 2.45) is 5.73 Å². The Labute approximate surface area is 166 Å². The average Bonchev–Trinajstić information content (AvgIpc) is 2.99. The number of aryl methyl sites for hydroxylation is 1. The average molecular weight is 410 g/mol. The van der Waals surface area contributed by atoms with E-state index in [0.29, 0.717) is 28.8 Å². The van der Waals surface area contributed by atoms with Gasteiger partial charge in [-0.05, 0) is 31.5 Å². The highest BCUT2D eigenvalue weighted by molar-refractivity contribution is 8.01. The minimum absolute atomic E-state index is 0.174. The predicted molar refractivity (Wildman–Crippen MR) is 108 cm³/mol. The monoisotopic (exact) mass is 409 g/mol. The lowest BCUT2D eigenvalue weighted by Gasteiger charge is -2.11. The number of nitrogens with one attached hydrogen (secondary N) is 1. The molecule has 2 rings (SSSR count). The number of rotatable bonds is 10. The van der Waals surface area contributed by atoms with E-state index < -0.39 is 5.91 Å². The summed E-state index contributed by atoms with van der Waals surface area (Å²) in [5, 5.41) is 3.24. The van der Waals surface area contributed by atoms with E-state index in [1.54, 1.807) is 18.2 Å². The van der Waals surface area contributed by atoms with E-state index in [1.807, 2.05) is 6.92 Å². The van der Waals surface area contributed by atoms with Crippen molar-refractivity contribution >= 4 is 40.0 Å². The Morgan fingerprint density at radius 1 is 1.33 bits per heavy atom. The third-order valence-electron chi connectivity index (χ3n) is 3.50. The van der Waals surface area contributed by atoms with E-state index in [2.05, 4.69) is 17.2 Å². The van der Waals surface area contributed by atoms with E-state index in [1.165, 1.54) is 30.2 Å². The summed E-state index contributed by atoms with van der Waals surface area (Å²) in [5.41, 5.74) is 6.35. The summed E-state index contributed by atoms with van der Waals surface area (Å²) in [6.07, 6.45) is 1.99. The van der Waals surface area contributed by atoms with E-state index >= 15 is 0 Å². The van der Waals surface area contributed by atoms with Crippen molar-refractivity contribution in [3.8, 4) is 11.5 Å². The number of primary amides is 1. The molecule has 27 heavy (non-hydrogen) atoms. The molecule has 146 valence electrons. The molecular weight excluding hydrogens is 386 g/mol. The standard InChI is InChI=1S/C18H23N3O4S2/c1-4-5-8-25-13-7-6-12(9-14(13)24-3)16(23)21-18-20-11(2)17(27-18)26-10-15(19)22/h6-7,9H,4-5,8,10H2,1-3H3,(H2,19,22)(H,20,21,23). The van der Waals surface area contributed by atoms with Crippen LogP contribution in [0.4, 0.5) is 5.13 Å². The van der Waals surface area contributed by atoms with Crippen molar-refractivity contribution < 1.29 is 19.1 Å². The molecule has 0 radical (unpaired) electrons. The van der Waals surface area contributed by atoms with Gasteiger partial charge >= 0.3 is 0 Å². The Morgan fingerprint density at radius 2 is 2.11 bits per heavy atom. The molecule has 2 aromatic rings. The summed E-state index contributed by atoms with van der Waals surface area (Å²) in [5.74, 6) is 0.595. The second-order valence-electron chi connectivity index (χ2n) is 5.67. The number of hydrogen-bond donors (Lipinski definition) is 2. The highest BCUT2D eigenvalue weighted by Gasteiger charge is 2.15. The first kappa shape index (κ1) is 21.0. The normalized spacial score (nSPS) is 10.5. The molecule has 0 unspecified atom stereocenters. The van der Waals surface area contributed by atoms with Crippen LogP contribution < -0.4 is 20.5 Å². The number of unbranched alkanes of at least 4 members (excludes halogenated alkanes) is 1. The van der Waals surface area contributed by atoms with Crippen LogP contribution >= 0.6 is 23.1 Å². The summed E-state index contributed by atoms with van der Waals surface area (Å²) >= 11 is 2.62. The van der Waals surface area contributed by atoms with Crippen LogP contribution in [0.3, 0.4) is 0 Å². The molecule has 0 fully saturated rings. The van der Waals surface area contributed by atoms with Crippen LogP contribution in [-0.2, 0) is 4.79 Å². The zero-order chi connectivity index (χ0) is 19.8. The molecule has 0 aliphatic heterocycles. The first-order valence-corrected chi connectivity index (χ1v) is 10.3. The maximum Gasteiger partial charge on any atom is 0.257 e. The van der Waals surface area contributed by atoms with Gasteiger partial charge in [0.1, 0.15) is 0 Å². The van der Waals surface area contributed by atoms with Crippen LogP contribution in [0.5, 0.6) is 11.5 Å². The van der Waals surface area contributed by atoms with Crippen LogP contribution in [0.2, 0.25) is 0 Å². The Kier molecular flexibility index (Phi) is 7.93. The fraction of sp³-hybridized carbons (Fsp3) is 0.389. The van der Waals surface area contributed by atoms with Crippen molar-refractivity contribution in [2.45, 2.75) is 30.9 Å². The molecular formula is C18H23N3O4S2. The Balaban J connectivity index is 2.07. The third kappa shape index (κ3) is 6.14. The number of nitrogens with zero attached hydrogens (tertiary/aromatic N) is 1. The summed E-state index contributed by atoms with van der Waals surface area (Å²) in [6, 6.07) is 5.05. The topological polar surface area (TPSA) is 104 Å². The van der Waals surface area contributed by atoms with Gasteiger partial charge in [-0.1, -0.05) is 24.7 Å². The number of benzene rings is 1. The Hall–Kier alpha value is -2.26. The second-order valence-corrected chi connectivity index (χ2v) is 7.91. The lowest BCUT2D eigenvalue weighted by Crippen LogP contribution is -2.12. The quantitative estimate of drug-likeness (QED) is 0.460. The molecule has 2 amide bonds. The number of thiazole rings is 1. The number of anilines is 1.